The predicted molar refractivity (Wildman–Crippen MR) is 66.5 cm³/mol. The largest absolute Gasteiger partial charge is 0.385 e. The molecule has 7 nitrogen and oxygen atoms in total. The zero-order chi connectivity index (χ0) is 13.7. The number of hydrogen-bond acceptors (Lipinski definition) is 7. The highest BCUT2D eigenvalue weighted by atomic mass is 16.5. The summed E-state index contributed by atoms with van der Waals surface area (Å²) in [5, 5.41) is 4.02. The van der Waals surface area contributed by atoms with Crippen LogP contribution < -0.4 is 5.73 Å². The van der Waals surface area contributed by atoms with Crippen LogP contribution in [0, 0.1) is 0 Å². The molecule has 2 heterocycles. The van der Waals surface area contributed by atoms with Crippen molar-refractivity contribution < 1.29 is 18.7 Å². The van der Waals surface area contributed by atoms with E-state index in [0.29, 0.717) is 38.0 Å². The van der Waals surface area contributed by atoms with Crippen LogP contribution in [0.2, 0.25) is 0 Å². The summed E-state index contributed by atoms with van der Waals surface area (Å²) in [6, 6.07) is -0.310. The smallest absolute Gasteiger partial charge is 0.243 e. The summed E-state index contributed by atoms with van der Waals surface area (Å²) in [6.45, 7) is 1.82. The highest BCUT2D eigenvalue weighted by molar-refractivity contribution is 5.04. The molecule has 1 aliphatic rings. The van der Waals surface area contributed by atoms with Crippen LogP contribution in [0.5, 0.6) is 0 Å². The fraction of sp³-hybridized carbons (Fsp3) is 0.833. The van der Waals surface area contributed by atoms with E-state index in [1.165, 1.54) is 0 Å². The molecule has 1 aromatic rings. The SMILES string of the molecule is COCCC(N)c1nc(C2(OC)CCOCC2)no1. The minimum Gasteiger partial charge on any atom is -0.385 e. The summed E-state index contributed by atoms with van der Waals surface area (Å²) < 4.78 is 21.2. The number of nitrogens with two attached hydrogens (primary N) is 1. The minimum absolute atomic E-state index is 0.310. The molecule has 0 amide bonds. The van der Waals surface area contributed by atoms with Crippen LogP contribution in [0.25, 0.3) is 0 Å². The molecule has 0 radical (unpaired) electrons. The fourth-order valence-electron chi connectivity index (χ4n) is 2.16. The molecule has 7 heteroatoms. The lowest BCUT2D eigenvalue weighted by Gasteiger charge is -2.32. The fourth-order valence-corrected chi connectivity index (χ4v) is 2.16. The standard InChI is InChI=1S/C12H21N3O4/c1-16-6-3-9(13)10-14-11(15-19-10)12(17-2)4-7-18-8-5-12/h9H,3-8,13H2,1-2H3. The van der Waals surface area contributed by atoms with Gasteiger partial charge in [0.25, 0.3) is 0 Å². The molecule has 1 atom stereocenters. The van der Waals surface area contributed by atoms with Crippen LogP contribution >= 0.6 is 0 Å². The second-order valence-corrected chi connectivity index (χ2v) is 4.65. The predicted octanol–water partition coefficient (Wildman–Crippen LogP) is 0.758. The quantitative estimate of drug-likeness (QED) is 0.816. The van der Waals surface area contributed by atoms with Gasteiger partial charge < -0.3 is 24.5 Å². The normalized spacial score (nSPS) is 20.4. The van der Waals surface area contributed by atoms with Crippen LogP contribution in [0.3, 0.4) is 0 Å². The van der Waals surface area contributed by atoms with Gasteiger partial charge in [-0.1, -0.05) is 5.16 Å². The van der Waals surface area contributed by atoms with E-state index in [9.17, 15) is 0 Å². The maximum Gasteiger partial charge on any atom is 0.243 e. The molecular formula is C12H21N3O4. The van der Waals surface area contributed by atoms with Gasteiger partial charge in [-0.2, -0.15) is 4.98 Å². The van der Waals surface area contributed by atoms with Crippen molar-refractivity contribution in [2.45, 2.75) is 30.9 Å². The highest BCUT2D eigenvalue weighted by Gasteiger charge is 2.39. The molecule has 19 heavy (non-hydrogen) atoms. The average molecular weight is 271 g/mol. The van der Waals surface area contributed by atoms with Crippen molar-refractivity contribution >= 4 is 0 Å². The van der Waals surface area contributed by atoms with Gasteiger partial charge in [0.05, 0.1) is 6.04 Å². The highest BCUT2D eigenvalue weighted by Crippen LogP contribution is 2.34. The second-order valence-electron chi connectivity index (χ2n) is 4.65. The van der Waals surface area contributed by atoms with E-state index in [1.807, 2.05) is 0 Å². The lowest BCUT2D eigenvalue weighted by Crippen LogP contribution is -2.36. The Hall–Kier alpha value is -1.02. The number of methoxy groups -OCH3 is 2. The second kappa shape index (κ2) is 6.42. The van der Waals surface area contributed by atoms with E-state index in [-0.39, 0.29) is 6.04 Å². The van der Waals surface area contributed by atoms with E-state index in [4.69, 9.17) is 24.5 Å². The van der Waals surface area contributed by atoms with Gasteiger partial charge in [-0.15, -0.1) is 0 Å². The van der Waals surface area contributed by atoms with Gasteiger partial charge in [-0.3, -0.25) is 0 Å². The lowest BCUT2D eigenvalue weighted by molar-refractivity contribution is -0.101. The zero-order valence-corrected chi connectivity index (χ0v) is 11.4. The Bertz CT molecular complexity index is 390. The van der Waals surface area contributed by atoms with Crippen molar-refractivity contribution in [1.29, 1.82) is 0 Å². The molecule has 1 fully saturated rings. The van der Waals surface area contributed by atoms with Crippen LogP contribution in [-0.4, -0.2) is 44.2 Å². The molecule has 108 valence electrons. The number of hydrogen-bond donors (Lipinski definition) is 1. The van der Waals surface area contributed by atoms with Gasteiger partial charge in [0.1, 0.15) is 5.60 Å². The molecule has 1 aliphatic heterocycles. The van der Waals surface area contributed by atoms with Gasteiger partial charge in [0.15, 0.2) is 0 Å². The summed E-state index contributed by atoms with van der Waals surface area (Å²) in [4.78, 5) is 4.39. The monoisotopic (exact) mass is 271 g/mol. The van der Waals surface area contributed by atoms with Gasteiger partial charge in [-0.05, 0) is 6.42 Å². The number of ether oxygens (including phenoxy) is 3. The molecule has 1 aromatic heterocycles. The van der Waals surface area contributed by atoms with E-state index in [2.05, 4.69) is 10.1 Å². The van der Waals surface area contributed by atoms with Gasteiger partial charge in [0.2, 0.25) is 11.7 Å². The third-order valence-corrected chi connectivity index (χ3v) is 3.49. The van der Waals surface area contributed by atoms with E-state index >= 15 is 0 Å². The van der Waals surface area contributed by atoms with E-state index in [1.54, 1.807) is 14.2 Å². The van der Waals surface area contributed by atoms with Crippen molar-refractivity contribution in [3.63, 3.8) is 0 Å². The van der Waals surface area contributed by atoms with Crippen LogP contribution in [0.1, 0.15) is 37.0 Å². The van der Waals surface area contributed by atoms with E-state index < -0.39 is 5.60 Å². The maximum atomic E-state index is 5.97. The van der Waals surface area contributed by atoms with Gasteiger partial charge in [0, 0.05) is 46.9 Å². The summed E-state index contributed by atoms with van der Waals surface area (Å²) >= 11 is 0. The molecular weight excluding hydrogens is 250 g/mol. The summed E-state index contributed by atoms with van der Waals surface area (Å²) in [7, 11) is 3.29. The molecule has 2 rings (SSSR count). The molecule has 0 bridgehead atoms. The molecule has 1 saturated heterocycles. The van der Waals surface area contributed by atoms with Crippen molar-refractivity contribution in [3.05, 3.63) is 11.7 Å². The number of rotatable bonds is 6. The Morgan fingerprint density at radius 2 is 2.11 bits per heavy atom. The molecule has 2 N–H and O–H groups in total. The summed E-state index contributed by atoms with van der Waals surface area (Å²) in [5.74, 6) is 0.983. The lowest BCUT2D eigenvalue weighted by atomic mass is 9.93. The molecule has 0 aromatic carbocycles. The van der Waals surface area contributed by atoms with Crippen LogP contribution in [-0.2, 0) is 19.8 Å². The first-order chi connectivity index (χ1) is 9.22. The van der Waals surface area contributed by atoms with Crippen molar-refractivity contribution in [2.24, 2.45) is 5.73 Å². The van der Waals surface area contributed by atoms with Crippen LogP contribution in [0.4, 0.5) is 0 Å². The Balaban J connectivity index is 2.10. The summed E-state index contributed by atoms with van der Waals surface area (Å²) in [5.41, 5.74) is 5.45. The Morgan fingerprint density at radius 1 is 1.37 bits per heavy atom. The molecule has 0 spiro atoms. The topological polar surface area (TPSA) is 92.6 Å². The van der Waals surface area contributed by atoms with Crippen LogP contribution in [0.15, 0.2) is 4.52 Å². The Kier molecular flexibility index (Phi) is 4.87. The minimum atomic E-state index is -0.513. The van der Waals surface area contributed by atoms with Gasteiger partial charge in [-0.25, -0.2) is 0 Å². The third-order valence-electron chi connectivity index (χ3n) is 3.49. The molecule has 1 unspecified atom stereocenters. The van der Waals surface area contributed by atoms with Crippen molar-refractivity contribution in [2.75, 3.05) is 34.0 Å². The molecule has 0 aliphatic carbocycles. The molecule has 0 saturated carbocycles. The van der Waals surface area contributed by atoms with Crippen molar-refractivity contribution in [3.8, 4) is 0 Å². The first kappa shape index (κ1) is 14.4. The Morgan fingerprint density at radius 3 is 2.74 bits per heavy atom. The summed E-state index contributed by atoms with van der Waals surface area (Å²) in [6.07, 6.45) is 2.08. The number of aromatic nitrogens is 2. The van der Waals surface area contributed by atoms with E-state index in [0.717, 1.165) is 12.8 Å². The maximum absolute atomic E-state index is 5.97. The average Bonchev–Trinajstić information content (AvgIpc) is 2.96. The number of nitrogens with zero attached hydrogens (tertiary/aromatic N) is 2. The third kappa shape index (κ3) is 3.11. The van der Waals surface area contributed by atoms with Crippen molar-refractivity contribution in [1.82, 2.24) is 10.1 Å². The first-order valence-corrected chi connectivity index (χ1v) is 6.43. The zero-order valence-electron chi connectivity index (χ0n) is 11.4. The first-order valence-electron chi connectivity index (χ1n) is 6.43. The Labute approximate surface area is 112 Å². The van der Waals surface area contributed by atoms with Gasteiger partial charge >= 0.3 is 0 Å².